The molecule has 0 aliphatic carbocycles. The van der Waals surface area contributed by atoms with Crippen LogP contribution in [-0.4, -0.2) is 4.98 Å². The van der Waals surface area contributed by atoms with E-state index in [0.29, 0.717) is 9.60 Å². The molecule has 0 fully saturated rings. The summed E-state index contributed by atoms with van der Waals surface area (Å²) in [6.07, 6.45) is 0. The van der Waals surface area contributed by atoms with Gasteiger partial charge in [-0.1, -0.05) is 6.92 Å². The molecule has 1 aromatic heterocycles. The molecule has 1 atom stereocenters. The van der Waals surface area contributed by atoms with Crippen LogP contribution in [0.4, 0.5) is 9.52 Å². The monoisotopic (exact) mass is 328 g/mol. The van der Waals surface area contributed by atoms with Crippen molar-refractivity contribution in [2.24, 2.45) is 0 Å². The second-order valence-corrected chi connectivity index (χ2v) is 6.26. The van der Waals surface area contributed by atoms with Crippen molar-refractivity contribution >= 4 is 32.4 Å². The topological polar surface area (TPSA) is 38.9 Å². The van der Waals surface area contributed by atoms with Crippen molar-refractivity contribution in [3.05, 3.63) is 44.1 Å². The van der Waals surface area contributed by atoms with Crippen molar-refractivity contribution in [1.82, 2.24) is 4.98 Å². The maximum atomic E-state index is 13.4. The number of nitrogen functional groups attached to an aromatic ring is 1. The Bertz CT molecular complexity index is 595. The molecule has 0 amide bonds. The number of nitrogens with zero attached hydrogens (tertiary/aromatic N) is 1. The number of hydrogen-bond donors (Lipinski definition) is 1. The predicted molar refractivity (Wildman–Crippen MR) is 77.6 cm³/mol. The number of aromatic nitrogens is 1. The van der Waals surface area contributed by atoms with Gasteiger partial charge in [0.15, 0.2) is 5.13 Å². The standard InChI is InChI=1S/C13H14BrFN2S/c1-6-4-11(15)10(14)5-9(6)7(2)12-8(3)17-13(16)18-12/h4-5,7H,1-3H3,(H2,16,17). The molecule has 1 aromatic carbocycles. The van der Waals surface area contributed by atoms with Crippen LogP contribution in [0.5, 0.6) is 0 Å². The van der Waals surface area contributed by atoms with Crippen molar-refractivity contribution in [2.75, 3.05) is 5.73 Å². The van der Waals surface area contributed by atoms with Crippen molar-refractivity contribution in [3.8, 4) is 0 Å². The van der Waals surface area contributed by atoms with Gasteiger partial charge in [-0.3, -0.25) is 0 Å². The van der Waals surface area contributed by atoms with Gasteiger partial charge in [0.1, 0.15) is 5.82 Å². The van der Waals surface area contributed by atoms with E-state index in [-0.39, 0.29) is 11.7 Å². The van der Waals surface area contributed by atoms with Crippen LogP contribution in [0.2, 0.25) is 0 Å². The largest absolute Gasteiger partial charge is 0.375 e. The highest BCUT2D eigenvalue weighted by atomic mass is 79.9. The van der Waals surface area contributed by atoms with Gasteiger partial charge in [0.25, 0.3) is 0 Å². The van der Waals surface area contributed by atoms with Crippen LogP contribution in [0.1, 0.15) is 34.5 Å². The van der Waals surface area contributed by atoms with Crippen LogP contribution in [0, 0.1) is 19.7 Å². The number of nitrogens with two attached hydrogens (primary N) is 1. The Labute approximate surface area is 118 Å². The highest BCUT2D eigenvalue weighted by Crippen LogP contribution is 2.35. The Morgan fingerprint density at radius 1 is 1.39 bits per heavy atom. The third-order valence-corrected chi connectivity index (χ3v) is 4.79. The summed E-state index contributed by atoms with van der Waals surface area (Å²) in [6.45, 7) is 5.96. The molecule has 1 unspecified atom stereocenters. The summed E-state index contributed by atoms with van der Waals surface area (Å²) in [6, 6.07) is 3.39. The summed E-state index contributed by atoms with van der Waals surface area (Å²) in [4.78, 5) is 5.37. The van der Waals surface area contributed by atoms with E-state index in [1.165, 1.54) is 11.3 Å². The average molecular weight is 329 g/mol. The molecule has 0 radical (unpaired) electrons. The number of hydrogen-bond acceptors (Lipinski definition) is 3. The van der Waals surface area contributed by atoms with Crippen LogP contribution in [-0.2, 0) is 0 Å². The van der Waals surface area contributed by atoms with Gasteiger partial charge in [-0.05, 0) is 53.0 Å². The Kier molecular flexibility index (Phi) is 3.73. The molecular weight excluding hydrogens is 315 g/mol. The van der Waals surface area contributed by atoms with Gasteiger partial charge >= 0.3 is 0 Å². The van der Waals surface area contributed by atoms with E-state index in [0.717, 1.165) is 21.7 Å². The van der Waals surface area contributed by atoms with Gasteiger partial charge < -0.3 is 5.73 Å². The van der Waals surface area contributed by atoms with Crippen LogP contribution in [0.15, 0.2) is 16.6 Å². The molecule has 0 aliphatic heterocycles. The molecule has 2 aromatic rings. The average Bonchev–Trinajstić information content (AvgIpc) is 2.62. The molecule has 96 valence electrons. The van der Waals surface area contributed by atoms with E-state index < -0.39 is 0 Å². The molecule has 2 N–H and O–H groups in total. The quantitative estimate of drug-likeness (QED) is 0.887. The Morgan fingerprint density at radius 3 is 2.61 bits per heavy atom. The predicted octanol–water partition coefficient (Wildman–Crippen LogP) is 4.40. The summed E-state index contributed by atoms with van der Waals surface area (Å²) in [5.74, 6) is -0.0688. The summed E-state index contributed by atoms with van der Waals surface area (Å²) in [5, 5.41) is 0.577. The van der Waals surface area contributed by atoms with E-state index in [2.05, 4.69) is 27.8 Å². The number of benzene rings is 1. The number of anilines is 1. The number of thiazole rings is 1. The molecule has 0 aliphatic rings. The van der Waals surface area contributed by atoms with Gasteiger partial charge in [-0.2, -0.15) is 0 Å². The lowest BCUT2D eigenvalue weighted by molar-refractivity contribution is 0.618. The minimum absolute atomic E-state index is 0.164. The van der Waals surface area contributed by atoms with E-state index in [9.17, 15) is 4.39 Å². The molecule has 0 bridgehead atoms. The minimum Gasteiger partial charge on any atom is -0.375 e. The molecule has 0 spiro atoms. The molecule has 2 nitrogen and oxygen atoms in total. The molecule has 5 heteroatoms. The van der Waals surface area contributed by atoms with Crippen LogP contribution in [0.3, 0.4) is 0 Å². The Balaban J connectivity index is 2.49. The second kappa shape index (κ2) is 4.97. The van der Waals surface area contributed by atoms with Gasteiger partial charge in [-0.15, -0.1) is 11.3 Å². The summed E-state index contributed by atoms with van der Waals surface area (Å²) < 4.78 is 13.9. The highest BCUT2D eigenvalue weighted by molar-refractivity contribution is 9.10. The van der Waals surface area contributed by atoms with Gasteiger partial charge in [0.2, 0.25) is 0 Å². The number of aryl methyl sites for hydroxylation is 2. The number of halogens is 2. The SMILES string of the molecule is Cc1cc(F)c(Br)cc1C(C)c1sc(N)nc1C. The zero-order valence-electron chi connectivity index (χ0n) is 10.4. The van der Waals surface area contributed by atoms with E-state index in [1.807, 2.05) is 19.9 Å². The van der Waals surface area contributed by atoms with E-state index in [1.54, 1.807) is 6.07 Å². The van der Waals surface area contributed by atoms with Crippen LogP contribution < -0.4 is 5.73 Å². The maximum Gasteiger partial charge on any atom is 0.180 e. The zero-order valence-corrected chi connectivity index (χ0v) is 12.8. The first kappa shape index (κ1) is 13.5. The fourth-order valence-electron chi connectivity index (χ4n) is 2.10. The third-order valence-electron chi connectivity index (χ3n) is 3.02. The highest BCUT2D eigenvalue weighted by Gasteiger charge is 2.18. The summed E-state index contributed by atoms with van der Waals surface area (Å²) in [5.41, 5.74) is 8.71. The zero-order chi connectivity index (χ0) is 13.4. The molecule has 0 saturated heterocycles. The lowest BCUT2D eigenvalue weighted by Gasteiger charge is -2.14. The first-order valence-corrected chi connectivity index (χ1v) is 7.19. The molecule has 1 heterocycles. The fraction of sp³-hybridized carbons (Fsp3) is 0.308. The van der Waals surface area contributed by atoms with Crippen molar-refractivity contribution in [3.63, 3.8) is 0 Å². The lowest BCUT2D eigenvalue weighted by atomic mass is 9.94. The Morgan fingerprint density at radius 2 is 2.06 bits per heavy atom. The third kappa shape index (κ3) is 2.42. The van der Waals surface area contributed by atoms with Gasteiger partial charge in [-0.25, -0.2) is 9.37 Å². The van der Waals surface area contributed by atoms with Gasteiger partial charge in [0.05, 0.1) is 10.2 Å². The molecule has 2 rings (SSSR count). The normalized spacial score (nSPS) is 12.7. The van der Waals surface area contributed by atoms with Crippen LogP contribution in [0.25, 0.3) is 0 Å². The van der Waals surface area contributed by atoms with E-state index in [4.69, 9.17) is 5.73 Å². The van der Waals surface area contributed by atoms with Crippen molar-refractivity contribution in [1.29, 1.82) is 0 Å². The number of rotatable bonds is 2. The van der Waals surface area contributed by atoms with Gasteiger partial charge in [0, 0.05) is 10.8 Å². The summed E-state index contributed by atoms with van der Waals surface area (Å²) >= 11 is 4.73. The van der Waals surface area contributed by atoms with Crippen molar-refractivity contribution < 1.29 is 4.39 Å². The Hall–Kier alpha value is -0.940. The first-order valence-electron chi connectivity index (χ1n) is 5.58. The molecular formula is C13H14BrFN2S. The van der Waals surface area contributed by atoms with Crippen LogP contribution >= 0.6 is 27.3 Å². The lowest BCUT2D eigenvalue weighted by Crippen LogP contribution is -2.00. The first-order chi connectivity index (χ1) is 8.40. The molecule has 0 saturated carbocycles. The van der Waals surface area contributed by atoms with E-state index >= 15 is 0 Å². The maximum absolute atomic E-state index is 13.4. The fourth-order valence-corrected chi connectivity index (χ4v) is 3.37. The smallest absolute Gasteiger partial charge is 0.180 e. The van der Waals surface area contributed by atoms with Crippen molar-refractivity contribution in [2.45, 2.75) is 26.7 Å². The minimum atomic E-state index is -0.232. The summed E-state index contributed by atoms with van der Waals surface area (Å²) in [7, 11) is 0. The second-order valence-electron chi connectivity index (χ2n) is 4.35. The molecule has 18 heavy (non-hydrogen) atoms.